The van der Waals surface area contributed by atoms with Crippen LogP contribution >= 0.6 is 0 Å². The molecule has 1 aliphatic rings. The number of piperidine rings is 1. The molecule has 3 nitrogen and oxygen atoms in total. The van der Waals surface area contributed by atoms with Gasteiger partial charge in [-0.15, -0.1) is 0 Å². The van der Waals surface area contributed by atoms with Gasteiger partial charge in [-0.25, -0.2) is 0 Å². The third-order valence-electron chi connectivity index (χ3n) is 3.84. The van der Waals surface area contributed by atoms with Crippen LogP contribution in [0.5, 0.6) is 0 Å². The monoisotopic (exact) mass is 257 g/mol. The Kier molecular flexibility index (Phi) is 4.44. The first-order valence-corrected chi connectivity index (χ1v) is 7.05. The SMILES string of the molecule is Cc1cc(C)c(N2CCCC(NCC#N)C2)c(C)c1. The van der Waals surface area contributed by atoms with Crippen molar-refractivity contribution in [1.29, 1.82) is 5.26 Å². The molecule has 0 radical (unpaired) electrons. The molecular weight excluding hydrogens is 234 g/mol. The number of nitriles is 1. The van der Waals surface area contributed by atoms with Gasteiger partial charge >= 0.3 is 0 Å². The number of hydrogen-bond acceptors (Lipinski definition) is 3. The summed E-state index contributed by atoms with van der Waals surface area (Å²) in [6, 6.07) is 7.13. The summed E-state index contributed by atoms with van der Waals surface area (Å²) in [4.78, 5) is 2.47. The first-order chi connectivity index (χ1) is 9.11. The molecule has 1 N–H and O–H groups in total. The molecule has 0 aliphatic carbocycles. The normalized spacial score (nSPS) is 19.3. The lowest BCUT2D eigenvalue weighted by Gasteiger charge is -2.36. The van der Waals surface area contributed by atoms with Crippen LogP contribution in [-0.4, -0.2) is 25.7 Å². The van der Waals surface area contributed by atoms with Crippen LogP contribution in [0.4, 0.5) is 5.69 Å². The Morgan fingerprint density at radius 2 is 2.00 bits per heavy atom. The summed E-state index contributed by atoms with van der Waals surface area (Å²) < 4.78 is 0. The van der Waals surface area contributed by atoms with Crippen molar-refractivity contribution in [2.75, 3.05) is 24.5 Å². The van der Waals surface area contributed by atoms with Gasteiger partial charge in [-0.2, -0.15) is 5.26 Å². The molecule has 1 saturated heterocycles. The van der Waals surface area contributed by atoms with E-state index in [1.54, 1.807) is 0 Å². The topological polar surface area (TPSA) is 39.1 Å². The number of aryl methyl sites for hydroxylation is 3. The van der Waals surface area contributed by atoms with Gasteiger partial charge in [0.1, 0.15) is 0 Å². The third-order valence-corrected chi connectivity index (χ3v) is 3.84. The lowest BCUT2D eigenvalue weighted by Crippen LogP contribution is -2.46. The Balaban J connectivity index is 2.15. The molecule has 1 atom stereocenters. The molecule has 19 heavy (non-hydrogen) atoms. The van der Waals surface area contributed by atoms with Gasteiger partial charge < -0.3 is 4.90 Å². The summed E-state index contributed by atoms with van der Waals surface area (Å²) in [5, 5.41) is 12.0. The quantitative estimate of drug-likeness (QED) is 0.846. The molecule has 0 saturated carbocycles. The summed E-state index contributed by atoms with van der Waals surface area (Å²) in [7, 11) is 0. The standard InChI is InChI=1S/C16H23N3/c1-12-9-13(2)16(14(3)10-12)19-8-4-5-15(11-19)18-7-6-17/h9-10,15,18H,4-5,7-8,11H2,1-3H3. The second-order valence-electron chi connectivity index (χ2n) is 5.57. The molecule has 0 spiro atoms. The first kappa shape index (κ1) is 13.9. The van der Waals surface area contributed by atoms with Gasteiger partial charge in [0, 0.05) is 24.8 Å². The zero-order chi connectivity index (χ0) is 13.8. The van der Waals surface area contributed by atoms with Crippen molar-refractivity contribution >= 4 is 5.69 Å². The van der Waals surface area contributed by atoms with Crippen molar-refractivity contribution in [3.63, 3.8) is 0 Å². The largest absolute Gasteiger partial charge is 0.370 e. The van der Waals surface area contributed by atoms with Gasteiger partial charge in [-0.3, -0.25) is 5.32 Å². The molecule has 0 aromatic heterocycles. The maximum absolute atomic E-state index is 8.67. The van der Waals surface area contributed by atoms with Crippen LogP contribution in [0.1, 0.15) is 29.5 Å². The minimum absolute atomic E-state index is 0.438. The van der Waals surface area contributed by atoms with Gasteiger partial charge in [-0.1, -0.05) is 17.7 Å². The number of hydrogen-bond donors (Lipinski definition) is 1. The Morgan fingerprint density at radius 3 is 2.63 bits per heavy atom. The van der Waals surface area contributed by atoms with Gasteiger partial charge in [0.2, 0.25) is 0 Å². The Morgan fingerprint density at radius 1 is 1.32 bits per heavy atom. The van der Waals surface area contributed by atoms with Crippen molar-refractivity contribution < 1.29 is 0 Å². The Hall–Kier alpha value is -1.53. The second-order valence-corrected chi connectivity index (χ2v) is 5.57. The minimum atomic E-state index is 0.438. The van der Waals surface area contributed by atoms with Crippen molar-refractivity contribution in [3.05, 3.63) is 28.8 Å². The second kappa shape index (κ2) is 6.08. The van der Waals surface area contributed by atoms with Crippen LogP contribution in [0.15, 0.2) is 12.1 Å². The number of rotatable bonds is 3. The maximum Gasteiger partial charge on any atom is 0.0843 e. The number of benzene rings is 1. The molecule has 2 rings (SSSR count). The van der Waals surface area contributed by atoms with Crippen molar-refractivity contribution in [1.82, 2.24) is 5.32 Å². The average molecular weight is 257 g/mol. The molecule has 3 heteroatoms. The van der Waals surface area contributed by atoms with Gasteiger partial charge in [0.15, 0.2) is 0 Å². The van der Waals surface area contributed by atoms with Crippen LogP contribution in [0.3, 0.4) is 0 Å². The predicted octanol–water partition coefficient (Wildman–Crippen LogP) is 2.69. The molecule has 0 amide bonds. The van der Waals surface area contributed by atoms with E-state index in [1.807, 2.05) is 0 Å². The molecule has 1 unspecified atom stereocenters. The lowest BCUT2D eigenvalue weighted by molar-refractivity contribution is 0.438. The molecule has 1 aromatic rings. The zero-order valence-corrected chi connectivity index (χ0v) is 12.2. The highest BCUT2D eigenvalue weighted by Crippen LogP contribution is 2.28. The van der Waals surface area contributed by atoms with E-state index in [9.17, 15) is 0 Å². The van der Waals surface area contributed by atoms with E-state index in [0.717, 1.165) is 13.1 Å². The summed E-state index contributed by atoms with van der Waals surface area (Å²) in [6.45, 7) is 9.12. The van der Waals surface area contributed by atoms with Crippen LogP contribution < -0.4 is 10.2 Å². The fraction of sp³-hybridized carbons (Fsp3) is 0.562. The van der Waals surface area contributed by atoms with Crippen LogP contribution in [0.2, 0.25) is 0 Å². The smallest absolute Gasteiger partial charge is 0.0843 e. The van der Waals surface area contributed by atoms with Crippen molar-refractivity contribution in [2.45, 2.75) is 39.7 Å². The van der Waals surface area contributed by atoms with E-state index in [2.05, 4.69) is 49.2 Å². The van der Waals surface area contributed by atoms with Gasteiger partial charge in [0.25, 0.3) is 0 Å². The van der Waals surface area contributed by atoms with E-state index in [4.69, 9.17) is 5.26 Å². The molecule has 0 bridgehead atoms. The van der Waals surface area contributed by atoms with Crippen LogP contribution in [0, 0.1) is 32.1 Å². The summed E-state index contributed by atoms with van der Waals surface area (Å²) >= 11 is 0. The van der Waals surface area contributed by atoms with Gasteiger partial charge in [-0.05, 0) is 44.7 Å². The van der Waals surface area contributed by atoms with Crippen LogP contribution in [-0.2, 0) is 0 Å². The fourth-order valence-corrected chi connectivity index (χ4v) is 3.21. The van der Waals surface area contributed by atoms with Gasteiger partial charge in [0.05, 0.1) is 12.6 Å². The molecule has 1 fully saturated rings. The average Bonchev–Trinajstić information content (AvgIpc) is 2.35. The third kappa shape index (κ3) is 3.27. The summed E-state index contributed by atoms with van der Waals surface area (Å²) in [5.74, 6) is 0. The predicted molar refractivity (Wildman–Crippen MR) is 79.5 cm³/mol. The fourth-order valence-electron chi connectivity index (χ4n) is 3.21. The molecular formula is C16H23N3. The lowest BCUT2D eigenvalue weighted by atomic mass is 9.99. The molecule has 1 aromatic carbocycles. The van der Waals surface area contributed by atoms with Crippen LogP contribution in [0.25, 0.3) is 0 Å². The number of nitrogens with one attached hydrogen (secondary N) is 1. The Labute approximate surface area is 116 Å². The highest BCUT2D eigenvalue weighted by molar-refractivity contribution is 5.60. The number of nitrogens with zero attached hydrogens (tertiary/aromatic N) is 2. The van der Waals surface area contributed by atoms with Crippen molar-refractivity contribution in [2.24, 2.45) is 0 Å². The molecule has 102 valence electrons. The number of anilines is 1. The van der Waals surface area contributed by atoms with E-state index in [0.29, 0.717) is 12.6 Å². The Bertz CT molecular complexity index is 464. The van der Waals surface area contributed by atoms with E-state index >= 15 is 0 Å². The molecule has 1 heterocycles. The van der Waals surface area contributed by atoms with E-state index in [1.165, 1.54) is 35.2 Å². The maximum atomic E-state index is 8.67. The first-order valence-electron chi connectivity index (χ1n) is 7.05. The zero-order valence-electron chi connectivity index (χ0n) is 12.2. The molecule has 1 aliphatic heterocycles. The van der Waals surface area contributed by atoms with Crippen molar-refractivity contribution in [3.8, 4) is 6.07 Å². The summed E-state index contributed by atoms with van der Waals surface area (Å²) in [5.41, 5.74) is 5.43. The highest BCUT2D eigenvalue weighted by atomic mass is 15.2. The van der Waals surface area contributed by atoms with E-state index in [-0.39, 0.29) is 0 Å². The summed E-state index contributed by atoms with van der Waals surface area (Å²) in [6.07, 6.45) is 2.36. The highest BCUT2D eigenvalue weighted by Gasteiger charge is 2.21. The van der Waals surface area contributed by atoms with E-state index < -0.39 is 0 Å². The minimum Gasteiger partial charge on any atom is -0.370 e.